The molecule has 1 unspecified atom stereocenters. The lowest BCUT2D eigenvalue weighted by molar-refractivity contribution is -0.157. The third-order valence-electron chi connectivity index (χ3n) is 3.21. The van der Waals surface area contributed by atoms with Crippen molar-refractivity contribution in [1.82, 2.24) is 5.32 Å². The molecule has 7 nitrogen and oxygen atoms in total. The lowest BCUT2D eigenvalue weighted by Gasteiger charge is -2.26. The maximum atomic E-state index is 12.6. The molecule has 0 heterocycles. The third-order valence-corrected chi connectivity index (χ3v) is 3.72. The summed E-state index contributed by atoms with van der Waals surface area (Å²) in [6, 6.07) is 6.40. The molecule has 0 saturated heterocycles. The number of halogens is 1. The second kappa shape index (κ2) is 11.6. The van der Waals surface area contributed by atoms with Gasteiger partial charge in [0.1, 0.15) is 17.2 Å². The summed E-state index contributed by atoms with van der Waals surface area (Å²) in [4.78, 5) is 29.0. The van der Waals surface area contributed by atoms with Crippen molar-refractivity contribution in [2.45, 2.75) is 65.2 Å². The number of nitrogens with zero attached hydrogens (tertiary/aromatic N) is 1. The number of alkyl carbamates (subject to hydrolysis) is 1. The van der Waals surface area contributed by atoms with Crippen molar-refractivity contribution >= 4 is 58.7 Å². The molecule has 3 N–H and O–H groups in total. The molecular formula is C20H32IN3O4S. The normalized spacial score (nSPS) is 13.1. The maximum Gasteiger partial charge on any atom is 0.408 e. The second-order valence-electron chi connectivity index (χ2n) is 8.26. The van der Waals surface area contributed by atoms with Crippen LogP contribution in [0.5, 0.6) is 0 Å². The van der Waals surface area contributed by atoms with Gasteiger partial charge < -0.3 is 20.5 Å². The molecule has 0 saturated carbocycles. The van der Waals surface area contributed by atoms with E-state index in [1.165, 1.54) is 11.8 Å². The van der Waals surface area contributed by atoms with Crippen LogP contribution in [0.15, 0.2) is 29.3 Å². The van der Waals surface area contributed by atoms with Gasteiger partial charge in [-0.2, -0.15) is 0 Å². The van der Waals surface area contributed by atoms with Crippen LogP contribution in [0.4, 0.5) is 10.5 Å². The van der Waals surface area contributed by atoms with E-state index in [1.54, 1.807) is 53.7 Å². The van der Waals surface area contributed by atoms with E-state index >= 15 is 0 Å². The molecule has 1 atom stereocenters. The Morgan fingerprint density at radius 2 is 1.59 bits per heavy atom. The van der Waals surface area contributed by atoms with Crippen molar-refractivity contribution in [3.8, 4) is 0 Å². The Labute approximate surface area is 194 Å². The van der Waals surface area contributed by atoms with Crippen molar-refractivity contribution in [3.05, 3.63) is 29.8 Å². The number of carbonyl (C=O) groups is 2. The average molecular weight is 537 g/mol. The summed E-state index contributed by atoms with van der Waals surface area (Å²) in [5, 5.41) is 3.08. The minimum absolute atomic E-state index is 0. The third kappa shape index (κ3) is 11.9. The molecule has 0 aliphatic carbocycles. The first-order valence-electron chi connectivity index (χ1n) is 8.98. The molecule has 29 heavy (non-hydrogen) atoms. The number of ether oxygens (including phenoxy) is 2. The maximum absolute atomic E-state index is 12.6. The number of hydrogen-bond acceptors (Lipinski definition) is 6. The Balaban J connectivity index is 0.00000784. The highest BCUT2D eigenvalue weighted by atomic mass is 127. The number of amidine groups is 1. The van der Waals surface area contributed by atoms with Crippen LogP contribution in [-0.4, -0.2) is 40.7 Å². The molecule has 1 rings (SSSR count). The van der Waals surface area contributed by atoms with Gasteiger partial charge in [-0.05, 0) is 65.5 Å². The van der Waals surface area contributed by atoms with Gasteiger partial charge in [0.15, 0.2) is 5.17 Å². The summed E-state index contributed by atoms with van der Waals surface area (Å²) in [6.45, 7) is 10.6. The predicted molar refractivity (Wildman–Crippen MR) is 129 cm³/mol. The van der Waals surface area contributed by atoms with E-state index in [0.717, 1.165) is 5.56 Å². The van der Waals surface area contributed by atoms with Gasteiger partial charge in [-0.1, -0.05) is 23.9 Å². The van der Waals surface area contributed by atoms with Crippen molar-refractivity contribution in [2.24, 2.45) is 10.7 Å². The second-order valence-corrected chi connectivity index (χ2v) is 9.08. The largest absolute Gasteiger partial charge is 0.458 e. The molecular weight excluding hydrogens is 505 g/mol. The number of carbonyl (C=O) groups excluding carboxylic acids is 2. The minimum atomic E-state index is -0.875. The Hall–Kier alpha value is -1.49. The molecule has 0 aromatic heterocycles. The van der Waals surface area contributed by atoms with Crippen LogP contribution in [0, 0.1) is 0 Å². The fourth-order valence-corrected chi connectivity index (χ4v) is 2.33. The molecule has 164 valence electrons. The first-order chi connectivity index (χ1) is 12.8. The van der Waals surface area contributed by atoms with Crippen LogP contribution in [0.1, 0.15) is 47.1 Å². The fraction of sp³-hybridized carbons (Fsp3) is 0.550. The first kappa shape index (κ1) is 27.5. The Kier molecular flexibility index (Phi) is 11.0. The van der Waals surface area contributed by atoms with Gasteiger partial charge in [0, 0.05) is 6.42 Å². The molecule has 9 heteroatoms. The summed E-state index contributed by atoms with van der Waals surface area (Å²) < 4.78 is 10.7. The summed E-state index contributed by atoms with van der Waals surface area (Å²) in [5.41, 5.74) is 5.94. The molecule has 0 spiro atoms. The van der Waals surface area contributed by atoms with Gasteiger partial charge in [0.05, 0.1) is 5.69 Å². The molecule has 1 aromatic rings. The number of nitrogens with two attached hydrogens (primary N) is 1. The number of esters is 1. The van der Waals surface area contributed by atoms with Gasteiger partial charge in [-0.25, -0.2) is 14.6 Å². The van der Waals surface area contributed by atoms with Crippen LogP contribution in [0.2, 0.25) is 0 Å². The first-order valence-corrected chi connectivity index (χ1v) is 10.2. The van der Waals surface area contributed by atoms with E-state index in [4.69, 9.17) is 15.2 Å². The summed E-state index contributed by atoms with van der Waals surface area (Å²) >= 11 is 1.36. The molecule has 1 amide bonds. The monoisotopic (exact) mass is 537 g/mol. The van der Waals surface area contributed by atoms with E-state index in [2.05, 4.69) is 10.3 Å². The standard InChI is InChI=1S/C20H31N3O4S.HI/c1-19(2,3)26-16(24)15(23-18(25)27-20(4,5)6)12-13-8-10-14(11-9-13)22-17(21)28-7;/h8-11,15H,12H2,1-7H3,(H2,21,22)(H,23,25);1H. The lowest BCUT2D eigenvalue weighted by Crippen LogP contribution is -2.47. The average Bonchev–Trinajstić information content (AvgIpc) is 2.52. The van der Waals surface area contributed by atoms with Crippen LogP contribution in [0.3, 0.4) is 0 Å². The van der Waals surface area contributed by atoms with Gasteiger partial charge in [0.2, 0.25) is 0 Å². The van der Waals surface area contributed by atoms with Crippen LogP contribution >= 0.6 is 35.7 Å². The fourth-order valence-electron chi connectivity index (χ4n) is 2.13. The van der Waals surface area contributed by atoms with E-state index in [9.17, 15) is 9.59 Å². The number of benzene rings is 1. The summed E-state index contributed by atoms with van der Waals surface area (Å²) in [6.07, 6.45) is 1.44. The highest BCUT2D eigenvalue weighted by Crippen LogP contribution is 2.17. The molecule has 1 aromatic carbocycles. The van der Waals surface area contributed by atoms with Crippen LogP contribution in [-0.2, 0) is 20.7 Å². The quantitative estimate of drug-likeness (QED) is 0.250. The number of rotatable bonds is 5. The van der Waals surface area contributed by atoms with Crippen molar-refractivity contribution in [2.75, 3.05) is 6.26 Å². The number of hydrogen-bond donors (Lipinski definition) is 2. The summed E-state index contributed by atoms with van der Waals surface area (Å²) in [5.74, 6) is -0.521. The van der Waals surface area contributed by atoms with Gasteiger partial charge >= 0.3 is 12.1 Å². The lowest BCUT2D eigenvalue weighted by atomic mass is 10.1. The number of amides is 1. The zero-order valence-electron chi connectivity index (χ0n) is 18.1. The topological polar surface area (TPSA) is 103 Å². The highest BCUT2D eigenvalue weighted by molar-refractivity contribution is 14.0. The Morgan fingerprint density at radius 1 is 1.07 bits per heavy atom. The van der Waals surface area contributed by atoms with Crippen LogP contribution < -0.4 is 11.1 Å². The SMILES string of the molecule is CSC(N)=Nc1ccc(CC(NC(=O)OC(C)(C)C)C(=O)OC(C)(C)C)cc1.I. The van der Waals surface area contributed by atoms with Gasteiger partial charge in [-0.3, -0.25) is 0 Å². The molecule has 0 aliphatic rings. The van der Waals surface area contributed by atoms with Crippen LogP contribution in [0.25, 0.3) is 0 Å². The van der Waals surface area contributed by atoms with Gasteiger partial charge in [-0.15, -0.1) is 24.0 Å². The minimum Gasteiger partial charge on any atom is -0.458 e. The van der Waals surface area contributed by atoms with E-state index in [0.29, 0.717) is 10.9 Å². The zero-order chi connectivity index (χ0) is 21.5. The molecule has 0 aliphatic heterocycles. The Morgan fingerprint density at radius 3 is 2.03 bits per heavy atom. The Bertz CT molecular complexity index is 710. The van der Waals surface area contributed by atoms with Gasteiger partial charge in [0.25, 0.3) is 0 Å². The summed E-state index contributed by atoms with van der Waals surface area (Å²) in [7, 11) is 0. The van der Waals surface area contributed by atoms with E-state index < -0.39 is 29.3 Å². The van der Waals surface area contributed by atoms with E-state index in [-0.39, 0.29) is 30.4 Å². The number of aliphatic imine (C=N–C) groups is 1. The zero-order valence-corrected chi connectivity index (χ0v) is 21.2. The number of nitrogens with one attached hydrogen (secondary N) is 1. The van der Waals surface area contributed by atoms with Crippen molar-refractivity contribution in [1.29, 1.82) is 0 Å². The highest BCUT2D eigenvalue weighted by Gasteiger charge is 2.28. The van der Waals surface area contributed by atoms with Crippen molar-refractivity contribution < 1.29 is 19.1 Å². The predicted octanol–water partition coefficient (Wildman–Crippen LogP) is 4.39. The van der Waals surface area contributed by atoms with Crippen molar-refractivity contribution in [3.63, 3.8) is 0 Å². The molecule has 0 fully saturated rings. The smallest absolute Gasteiger partial charge is 0.408 e. The molecule has 0 radical (unpaired) electrons. The molecule has 0 bridgehead atoms. The number of thioether (sulfide) groups is 1. The van der Waals surface area contributed by atoms with E-state index in [1.807, 2.05) is 18.4 Å².